The Labute approximate surface area is 148 Å². The van der Waals surface area contributed by atoms with E-state index in [2.05, 4.69) is 17.1 Å². The fourth-order valence-electron chi connectivity index (χ4n) is 2.05. The van der Waals surface area contributed by atoms with Crippen LogP contribution in [-0.2, 0) is 0 Å². The molecule has 2 rings (SSSR count). The third-order valence-corrected chi connectivity index (χ3v) is 3.13. The van der Waals surface area contributed by atoms with E-state index in [1.54, 1.807) is 36.6 Å². The number of hydrogen-bond donors (Lipinski definition) is 1. The van der Waals surface area contributed by atoms with Crippen molar-refractivity contribution in [1.82, 2.24) is 5.43 Å². The summed E-state index contributed by atoms with van der Waals surface area (Å²) in [4.78, 5) is 12.1. The zero-order valence-corrected chi connectivity index (χ0v) is 14.4. The number of amides is 1. The van der Waals surface area contributed by atoms with Crippen LogP contribution >= 0.6 is 0 Å². The summed E-state index contributed by atoms with van der Waals surface area (Å²) in [7, 11) is 0. The lowest BCUT2D eigenvalue weighted by atomic mass is 10.2. The molecule has 0 aliphatic heterocycles. The highest BCUT2D eigenvalue weighted by molar-refractivity contribution is 5.95. The SMILES string of the molecule is C=CCOc1ccccc1/C=N\NC(=O)c1ccc(OC(C)C)cc1. The summed E-state index contributed by atoms with van der Waals surface area (Å²) in [5.41, 5.74) is 3.78. The van der Waals surface area contributed by atoms with Gasteiger partial charge in [0.2, 0.25) is 0 Å². The summed E-state index contributed by atoms with van der Waals surface area (Å²) >= 11 is 0. The predicted molar refractivity (Wildman–Crippen MR) is 99.4 cm³/mol. The maximum Gasteiger partial charge on any atom is 0.271 e. The Hall–Kier alpha value is -3.08. The highest BCUT2D eigenvalue weighted by Gasteiger charge is 2.05. The molecule has 0 saturated heterocycles. The Morgan fingerprint density at radius 3 is 2.60 bits per heavy atom. The van der Waals surface area contributed by atoms with Crippen LogP contribution in [0.2, 0.25) is 0 Å². The Bertz CT molecular complexity index is 737. The number of hydrazone groups is 1. The molecule has 0 aromatic heterocycles. The molecule has 2 aromatic carbocycles. The summed E-state index contributed by atoms with van der Waals surface area (Å²) in [6.07, 6.45) is 3.31. The summed E-state index contributed by atoms with van der Waals surface area (Å²) in [6, 6.07) is 14.3. The Morgan fingerprint density at radius 2 is 1.92 bits per heavy atom. The number of benzene rings is 2. The minimum Gasteiger partial charge on any atom is -0.491 e. The second-order valence-electron chi connectivity index (χ2n) is 5.53. The number of rotatable bonds is 8. The molecule has 0 spiro atoms. The molecule has 0 aliphatic rings. The third-order valence-electron chi connectivity index (χ3n) is 3.13. The van der Waals surface area contributed by atoms with Crippen LogP contribution in [0, 0.1) is 0 Å². The van der Waals surface area contributed by atoms with Crippen LogP contribution in [0.5, 0.6) is 11.5 Å². The normalized spacial score (nSPS) is 10.7. The van der Waals surface area contributed by atoms with Crippen molar-refractivity contribution in [2.75, 3.05) is 6.61 Å². The maximum atomic E-state index is 12.1. The van der Waals surface area contributed by atoms with Crippen LogP contribution in [0.15, 0.2) is 66.3 Å². The maximum absolute atomic E-state index is 12.1. The first-order valence-corrected chi connectivity index (χ1v) is 8.03. The molecule has 0 heterocycles. The Kier molecular flexibility index (Phi) is 6.77. The van der Waals surface area contributed by atoms with Gasteiger partial charge in [-0.05, 0) is 50.2 Å². The number of nitrogens with zero attached hydrogens (tertiary/aromatic N) is 1. The summed E-state index contributed by atoms with van der Waals surface area (Å²) < 4.78 is 11.1. The number of nitrogens with one attached hydrogen (secondary N) is 1. The van der Waals surface area contributed by atoms with Crippen molar-refractivity contribution >= 4 is 12.1 Å². The van der Waals surface area contributed by atoms with Crippen molar-refractivity contribution in [3.05, 3.63) is 72.3 Å². The standard InChI is InChI=1S/C20H22N2O3/c1-4-13-24-19-8-6-5-7-17(19)14-21-22-20(23)16-9-11-18(12-10-16)25-15(2)3/h4-12,14-15H,1,13H2,2-3H3,(H,22,23)/b21-14-. The lowest BCUT2D eigenvalue weighted by Crippen LogP contribution is -2.17. The Morgan fingerprint density at radius 1 is 1.20 bits per heavy atom. The van der Waals surface area contributed by atoms with Gasteiger partial charge in [0.05, 0.1) is 12.3 Å². The molecule has 0 radical (unpaired) electrons. The Balaban J connectivity index is 1.97. The predicted octanol–water partition coefficient (Wildman–Crippen LogP) is 3.80. The molecule has 5 nitrogen and oxygen atoms in total. The van der Waals surface area contributed by atoms with Gasteiger partial charge < -0.3 is 9.47 Å². The number of hydrogen-bond acceptors (Lipinski definition) is 4. The monoisotopic (exact) mass is 338 g/mol. The number of carbonyl (C=O) groups is 1. The van der Waals surface area contributed by atoms with Crippen LogP contribution in [0.4, 0.5) is 0 Å². The van der Waals surface area contributed by atoms with Crippen LogP contribution in [-0.4, -0.2) is 24.8 Å². The summed E-state index contributed by atoms with van der Waals surface area (Å²) in [6.45, 7) is 7.93. The van der Waals surface area contributed by atoms with E-state index in [0.29, 0.717) is 17.9 Å². The van der Waals surface area contributed by atoms with Gasteiger partial charge in [0.1, 0.15) is 18.1 Å². The van der Waals surface area contributed by atoms with Gasteiger partial charge in [0.15, 0.2) is 0 Å². The second-order valence-corrected chi connectivity index (χ2v) is 5.53. The van der Waals surface area contributed by atoms with Gasteiger partial charge in [-0.15, -0.1) is 0 Å². The molecule has 0 atom stereocenters. The van der Waals surface area contributed by atoms with Gasteiger partial charge in [-0.1, -0.05) is 24.8 Å². The first kappa shape index (κ1) is 18.3. The molecule has 0 saturated carbocycles. The van der Waals surface area contributed by atoms with Crippen molar-refractivity contribution in [3.63, 3.8) is 0 Å². The second kappa shape index (κ2) is 9.27. The van der Waals surface area contributed by atoms with E-state index in [1.807, 2.05) is 38.1 Å². The van der Waals surface area contributed by atoms with Gasteiger partial charge in [0, 0.05) is 11.1 Å². The highest BCUT2D eigenvalue weighted by Crippen LogP contribution is 2.16. The molecule has 0 bridgehead atoms. The molecule has 5 heteroatoms. The molecular weight excluding hydrogens is 316 g/mol. The van der Waals surface area contributed by atoms with E-state index in [4.69, 9.17) is 9.47 Å². The minimum absolute atomic E-state index is 0.0904. The fraction of sp³-hybridized carbons (Fsp3) is 0.200. The molecule has 0 unspecified atom stereocenters. The van der Waals surface area contributed by atoms with Crippen LogP contribution in [0.3, 0.4) is 0 Å². The summed E-state index contributed by atoms with van der Waals surface area (Å²) in [5, 5.41) is 4.00. The van der Waals surface area contributed by atoms with Gasteiger partial charge in [0.25, 0.3) is 5.91 Å². The number of para-hydroxylation sites is 1. The number of ether oxygens (including phenoxy) is 2. The topological polar surface area (TPSA) is 59.9 Å². The fourth-order valence-corrected chi connectivity index (χ4v) is 2.05. The number of carbonyl (C=O) groups excluding carboxylic acids is 1. The lowest BCUT2D eigenvalue weighted by molar-refractivity contribution is 0.0955. The van der Waals surface area contributed by atoms with E-state index >= 15 is 0 Å². The molecule has 25 heavy (non-hydrogen) atoms. The van der Waals surface area contributed by atoms with E-state index < -0.39 is 0 Å². The smallest absolute Gasteiger partial charge is 0.271 e. The third kappa shape index (κ3) is 5.80. The highest BCUT2D eigenvalue weighted by atomic mass is 16.5. The molecule has 0 aliphatic carbocycles. The zero-order chi connectivity index (χ0) is 18.1. The molecular formula is C20H22N2O3. The molecule has 0 fully saturated rings. The van der Waals surface area contributed by atoms with Crippen LogP contribution < -0.4 is 14.9 Å². The lowest BCUT2D eigenvalue weighted by Gasteiger charge is -2.09. The van der Waals surface area contributed by atoms with Gasteiger partial charge in [-0.2, -0.15) is 5.10 Å². The van der Waals surface area contributed by atoms with E-state index in [1.165, 1.54) is 0 Å². The van der Waals surface area contributed by atoms with Crippen LogP contribution in [0.1, 0.15) is 29.8 Å². The molecule has 1 amide bonds. The van der Waals surface area contributed by atoms with Gasteiger partial charge in [-0.3, -0.25) is 4.79 Å². The van der Waals surface area contributed by atoms with Gasteiger partial charge >= 0.3 is 0 Å². The first-order valence-electron chi connectivity index (χ1n) is 8.03. The summed E-state index contributed by atoms with van der Waals surface area (Å²) in [5.74, 6) is 1.11. The first-order chi connectivity index (χ1) is 12.1. The molecule has 2 aromatic rings. The van der Waals surface area contributed by atoms with Crippen molar-refractivity contribution in [3.8, 4) is 11.5 Å². The average molecular weight is 338 g/mol. The van der Waals surface area contributed by atoms with Crippen molar-refractivity contribution in [2.24, 2.45) is 5.10 Å². The van der Waals surface area contributed by atoms with E-state index in [9.17, 15) is 4.79 Å². The molecule has 130 valence electrons. The van der Waals surface area contributed by atoms with Crippen molar-refractivity contribution < 1.29 is 14.3 Å². The van der Waals surface area contributed by atoms with Crippen LogP contribution in [0.25, 0.3) is 0 Å². The largest absolute Gasteiger partial charge is 0.491 e. The van der Waals surface area contributed by atoms with Crippen molar-refractivity contribution in [1.29, 1.82) is 0 Å². The van der Waals surface area contributed by atoms with E-state index in [-0.39, 0.29) is 12.0 Å². The van der Waals surface area contributed by atoms with E-state index in [0.717, 1.165) is 11.3 Å². The zero-order valence-electron chi connectivity index (χ0n) is 14.4. The van der Waals surface area contributed by atoms with Gasteiger partial charge in [-0.25, -0.2) is 5.43 Å². The molecule has 1 N–H and O–H groups in total. The quantitative estimate of drug-likeness (QED) is 0.452. The average Bonchev–Trinajstić information content (AvgIpc) is 2.61. The van der Waals surface area contributed by atoms with Crippen molar-refractivity contribution in [2.45, 2.75) is 20.0 Å². The minimum atomic E-state index is -0.295.